The molecule has 1 aromatic rings. The number of rotatable bonds is 1. The van der Waals surface area contributed by atoms with Crippen molar-refractivity contribution in [2.24, 2.45) is 0 Å². The van der Waals surface area contributed by atoms with Crippen molar-refractivity contribution in [1.82, 2.24) is 14.6 Å². The number of likely N-dealkylation sites (tertiary alicyclic amines) is 1. The minimum Gasteiger partial charge on any atom is -0.313 e. The van der Waals surface area contributed by atoms with Gasteiger partial charge in [-0.3, -0.25) is 0 Å². The van der Waals surface area contributed by atoms with Crippen molar-refractivity contribution in [3.05, 3.63) is 16.6 Å². The fourth-order valence-corrected chi connectivity index (χ4v) is 1.97. The lowest BCUT2D eigenvalue weighted by molar-refractivity contribution is 0.0862. The van der Waals surface area contributed by atoms with Crippen molar-refractivity contribution >= 4 is 29.3 Å². The predicted octanol–water partition coefficient (Wildman–Crippen LogP) is 2.22. The standard InChI is InChI=1S/C9H11Cl2N3O2/c10-7-6-12-8(11)14(7)16-9(15)13-4-2-1-3-5-13/h6H,1-5H2. The van der Waals surface area contributed by atoms with Gasteiger partial charge in [-0.2, -0.15) is 0 Å². The molecule has 1 fully saturated rings. The van der Waals surface area contributed by atoms with Gasteiger partial charge in [-0.25, -0.2) is 9.78 Å². The van der Waals surface area contributed by atoms with Gasteiger partial charge in [-0.05, 0) is 30.9 Å². The lowest BCUT2D eigenvalue weighted by atomic mass is 10.1. The molecule has 0 aliphatic carbocycles. The first-order valence-corrected chi connectivity index (χ1v) is 5.80. The Bertz CT molecular complexity index is 369. The number of nitrogens with zero attached hydrogens (tertiary/aromatic N) is 3. The fraction of sp³-hybridized carbons (Fsp3) is 0.556. The van der Waals surface area contributed by atoms with Gasteiger partial charge in [0.1, 0.15) is 0 Å². The van der Waals surface area contributed by atoms with E-state index in [-0.39, 0.29) is 10.4 Å². The van der Waals surface area contributed by atoms with Gasteiger partial charge in [0.05, 0.1) is 6.20 Å². The summed E-state index contributed by atoms with van der Waals surface area (Å²) in [6.07, 6.45) is 4.03. The number of carbonyl (C=O) groups excluding carboxylic acids is 1. The van der Waals surface area contributed by atoms with Crippen LogP contribution in [0, 0.1) is 0 Å². The number of hydrogen-bond acceptors (Lipinski definition) is 3. The van der Waals surface area contributed by atoms with Crippen LogP contribution in [0.4, 0.5) is 4.79 Å². The maximum Gasteiger partial charge on any atom is 0.434 e. The molecule has 16 heavy (non-hydrogen) atoms. The first-order chi connectivity index (χ1) is 7.68. The molecule has 2 heterocycles. The van der Waals surface area contributed by atoms with Gasteiger partial charge in [-0.15, -0.1) is 4.73 Å². The molecule has 1 saturated heterocycles. The Balaban J connectivity index is 2.01. The summed E-state index contributed by atoms with van der Waals surface area (Å²) in [6.45, 7) is 1.42. The zero-order valence-corrected chi connectivity index (χ0v) is 10.0. The normalized spacial score (nSPS) is 16.2. The SMILES string of the molecule is O=C(On1c(Cl)cnc1Cl)N1CCCCC1. The molecule has 1 amide bonds. The van der Waals surface area contributed by atoms with Crippen LogP contribution < -0.4 is 4.84 Å². The van der Waals surface area contributed by atoms with E-state index in [1.54, 1.807) is 4.90 Å². The summed E-state index contributed by atoms with van der Waals surface area (Å²) < 4.78 is 1.01. The molecule has 0 aromatic carbocycles. The van der Waals surface area contributed by atoms with Crippen LogP contribution in [0.25, 0.3) is 0 Å². The largest absolute Gasteiger partial charge is 0.434 e. The molecular formula is C9H11Cl2N3O2. The smallest absolute Gasteiger partial charge is 0.313 e. The van der Waals surface area contributed by atoms with E-state index in [4.69, 9.17) is 28.0 Å². The van der Waals surface area contributed by atoms with Crippen LogP contribution in [0.2, 0.25) is 10.4 Å². The van der Waals surface area contributed by atoms with Crippen LogP contribution in [0.15, 0.2) is 6.20 Å². The number of halogens is 2. The van der Waals surface area contributed by atoms with E-state index < -0.39 is 6.09 Å². The summed E-state index contributed by atoms with van der Waals surface area (Å²) >= 11 is 11.4. The summed E-state index contributed by atoms with van der Waals surface area (Å²) in [5.41, 5.74) is 0. The molecule has 0 saturated carbocycles. The number of aromatic nitrogens is 2. The average molecular weight is 264 g/mol. The molecule has 1 aliphatic heterocycles. The maximum atomic E-state index is 11.7. The Hall–Kier alpha value is -0.940. The van der Waals surface area contributed by atoms with Crippen molar-refractivity contribution in [2.45, 2.75) is 19.3 Å². The van der Waals surface area contributed by atoms with Crippen molar-refractivity contribution < 1.29 is 9.63 Å². The topological polar surface area (TPSA) is 47.4 Å². The molecular weight excluding hydrogens is 253 g/mol. The van der Waals surface area contributed by atoms with E-state index in [9.17, 15) is 4.79 Å². The van der Waals surface area contributed by atoms with Gasteiger partial charge in [-0.1, -0.05) is 11.6 Å². The number of amides is 1. The third kappa shape index (κ3) is 2.41. The maximum absolute atomic E-state index is 11.7. The lowest BCUT2D eigenvalue weighted by Crippen LogP contribution is -2.40. The second-order valence-electron chi connectivity index (χ2n) is 3.55. The fourth-order valence-electron chi connectivity index (χ4n) is 1.59. The predicted molar refractivity (Wildman–Crippen MR) is 59.6 cm³/mol. The Morgan fingerprint density at radius 2 is 2.00 bits per heavy atom. The molecule has 7 heteroatoms. The molecule has 2 rings (SSSR count). The highest BCUT2D eigenvalue weighted by Crippen LogP contribution is 2.15. The van der Waals surface area contributed by atoms with Crippen LogP contribution in [0.1, 0.15) is 19.3 Å². The van der Waals surface area contributed by atoms with Crippen LogP contribution >= 0.6 is 23.2 Å². The van der Waals surface area contributed by atoms with Gasteiger partial charge >= 0.3 is 6.09 Å². The first-order valence-electron chi connectivity index (χ1n) is 5.04. The van der Waals surface area contributed by atoms with Crippen molar-refractivity contribution in [1.29, 1.82) is 0 Å². The number of carbonyl (C=O) groups is 1. The number of hydrogen-bond donors (Lipinski definition) is 0. The lowest BCUT2D eigenvalue weighted by Gasteiger charge is -2.25. The summed E-state index contributed by atoms with van der Waals surface area (Å²) in [5, 5.41) is 0.214. The van der Waals surface area contributed by atoms with E-state index >= 15 is 0 Å². The number of piperidine rings is 1. The second kappa shape index (κ2) is 4.93. The van der Waals surface area contributed by atoms with Gasteiger partial charge in [0.25, 0.3) is 0 Å². The quantitative estimate of drug-likeness (QED) is 0.781. The van der Waals surface area contributed by atoms with E-state index in [2.05, 4.69) is 4.98 Å². The Morgan fingerprint density at radius 3 is 2.56 bits per heavy atom. The third-order valence-corrected chi connectivity index (χ3v) is 2.93. The number of imidazole rings is 1. The van der Waals surface area contributed by atoms with Gasteiger partial charge in [0.2, 0.25) is 5.28 Å². The molecule has 1 aliphatic rings. The van der Waals surface area contributed by atoms with Crippen LogP contribution in [-0.2, 0) is 0 Å². The molecule has 88 valence electrons. The molecule has 0 radical (unpaired) electrons. The van der Waals surface area contributed by atoms with Crippen molar-refractivity contribution in [3.8, 4) is 0 Å². The molecule has 0 spiro atoms. The highest BCUT2D eigenvalue weighted by molar-refractivity contribution is 6.32. The summed E-state index contributed by atoms with van der Waals surface area (Å²) in [6, 6.07) is 0. The van der Waals surface area contributed by atoms with Crippen molar-refractivity contribution in [2.75, 3.05) is 13.1 Å². The van der Waals surface area contributed by atoms with Gasteiger partial charge < -0.3 is 9.74 Å². The highest BCUT2D eigenvalue weighted by Gasteiger charge is 2.20. The summed E-state index contributed by atoms with van der Waals surface area (Å²) in [4.78, 5) is 22.1. The van der Waals surface area contributed by atoms with E-state index in [0.29, 0.717) is 13.1 Å². The summed E-state index contributed by atoms with van der Waals surface area (Å²) in [5.74, 6) is 0. The van der Waals surface area contributed by atoms with Crippen LogP contribution in [0.3, 0.4) is 0 Å². The highest BCUT2D eigenvalue weighted by atomic mass is 35.5. The minimum atomic E-state index is -0.443. The Labute approximate surface area is 103 Å². The van der Waals surface area contributed by atoms with E-state index in [1.165, 1.54) is 6.20 Å². The van der Waals surface area contributed by atoms with Crippen molar-refractivity contribution in [3.63, 3.8) is 0 Å². The third-order valence-electron chi connectivity index (χ3n) is 2.42. The molecule has 0 unspecified atom stereocenters. The zero-order chi connectivity index (χ0) is 11.5. The Kier molecular flexibility index (Phi) is 3.56. The Morgan fingerprint density at radius 1 is 1.31 bits per heavy atom. The molecule has 1 aromatic heterocycles. The zero-order valence-electron chi connectivity index (χ0n) is 8.53. The molecule has 5 nitrogen and oxygen atoms in total. The monoisotopic (exact) mass is 263 g/mol. The molecule has 0 N–H and O–H groups in total. The van der Waals surface area contributed by atoms with E-state index in [1.807, 2.05) is 0 Å². The summed E-state index contributed by atoms with van der Waals surface area (Å²) in [7, 11) is 0. The van der Waals surface area contributed by atoms with Crippen LogP contribution in [-0.4, -0.2) is 33.8 Å². The van der Waals surface area contributed by atoms with E-state index in [0.717, 1.165) is 24.0 Å². The minimum absolute atomic E-state index is 0.0374. The molecule has 0 bridgehead atoms. The van der Waals surface area contributed by atoms with Gasteiger partial charge in [0, 0.05) is 13.1 Å². The van der Waals surface area contributed by atoms with Crippen LogP contribution in [0.5, 0.6) is 0 Å². The second-order valence-corrected chi connectivity index (χ2v) is 4.27. The first kappa shape index (κ1) is 11.5. The molecule has 0 atom stereocenters. The average Bonchev–Trinajstić information content (AvgIpc) is 2.62. The van der Waals surface area contributed by atoms with Gasteiger partial charge in [0.15, 0.2) is 5.15 Å².